The molecule has 0 amide bonds. The molecule has 74 heavy (non-hydrogen) atoms. The van der Waals surface area contributed by atoms with Gasteiger partial charge in [-0.25, -0.2) is 39.1 Å². The van der Waals surface area contributed by atoms with Crippen molar-refractivity contribution < 1.29 is 97.5 Å². The summed E-state index contributed by atoms with van der Waals surface area (Å²) in [5, 5.41) is 36.0. The van der Waals surface area contributed by atoms with Gasteiger partial charge in [0, 0.05) is 39.0 Å². The third-order valence-corrected chi connectivity index (χ3v) is 16.7. The first-order valence-corrected chi connectivity index (χ1v) is 27.7. The van der Waals surface area contributed by atoms with Crippen LogP contribution in [-0.4, -0.2) is 116 Å². The zero-order valence-electron chi connectivity index (χ0n) is 46.4. The summed E-state index contributed by atoms with van der Waals surface area (Å²) in [5.41, 5.74) is 0. The van der Waals surface area contributed by atoms with Crippen LogP contribution in [0.1, 0.15) is 186 Å². The normalized spacial score (nSPS) is 34.9. The van der Waals surface area contributed by atoms with Gasteiger partial charge in [0.1, 0.15) is 24.4 Å². The third kappa shape index (κ3) is 19.2. The number of esters is 4. The van der Waals surface area contributed by atoms with Gasteiger partial charge in [-0.15, -0.1) is 0 Å². The van der Waals surface area contributed by atoms with Gasteiger partial charge in [0.25, 0.3) is 0 Å². The van der Waals surface area contributed by atoms with Crippen LogP contribution in [0.25, 0.3) is 0 Å². The predicted molar refractivity (Wildman–Crippen MR) is 279 cm³/mol. The van der Waals surface area contributed by atoms with Gasteiger partial charge in [-0.1, -0.05) is 109 Å². The molecular weight excluding hydrogens is 1130 g/mol. The van der Waals surface area contributed by atoms with Crippen molar-refractivity contribution in [2.75, 3.05) is 0 Å². The van der Waals surface area contributed by atoms with E-state index in [9.17, 15) is 19.2 Å². The second kappa shape index (κ2) is 30.2. The molecule has 0 aromatic rings. The molecule has 8 rings (SSSR count). The van der Waals surface area contributed by atoms with E-state index in [1.807, 2.05) is 0 Å². The van der Waals surface area contributed by atoms with E-state index in [1.165, 1.54) is 25.7 Å². The summed E-state index contributed by atoms with van der Waals surface area (Å²) in [6.45, 7) is 26.4. The second-order valence-electron chi connectivity index (χ2n) is 24.3. The summed E-state index contributed by atoms with van der Waals surface area (Å²) in [4.78, 5) is 62.6. The molecule has 0 saturated heterocycles. The van der Waals surface area contributed by atoms with Crippen LogP contribution in [-0.2, 0) is 77.1 Å². The Kier molecular flexibility index (Phi) is 26.7. The summed E-state index contributed by atoms with van der Waals surface area (Å²) in [6, 6.07) is -1.85. The molecule has 4 aliphatic carbocycles. The average Bonchev–Trinajstić information content (AvgIpc) is 3.25. The molecular formula is C56H92N4O12Rh2. The molecule has 4 N–H and O–H groups in total. The Morgan fingerprint density at radius 2 is 0.527 bits per heavy atom. The standard InChI is InChI=1S/4C14H23NO3.2Rh/c4*1-8(2)10-5-4-9(3)6-12(10)18-14(17)11-7-13(16)15-11;;/h4*8-12H,4-7H2,1-3H3,(H,15,16);;/t4*9-,10+,11+,12?;;/m1111../s1. The fourth-order valence-electron chi connectivity index (χ4n) is 11.8. The fraction of sp³-hybridized carbons (Fsp3) is 0.857. The molecule has 0 spiro atoms. The van der Waals surface area contributed by atoms with Crippen molar-refractivity contribution in [1.29, 1.82) is 0 Å². The van der Waals surface area contributed by atoms with Gasteiger partial charge in [-0.2, -0.15) is 0 Å². The van der Waals surface area contributed by atoms with Crippen molar-refractivity contribution in [2.24, 2.45) is 91.0 Å². The molecule has 8 aliphatic rings. The van der Waals surface area contributed by atoms with E-state index in [4.69, 9.17) is 39.4 Å². The Balaban J connectivity index is 0.000000258. The summed E-state index contributed by atoms with van der Waals surface area (Å²) in [5.74, 6) is 5.66. The number of hydrogen-bond acceptors (Lipinski definition) is 12. The van der Waals surface area contributed by atoms with Gasteiger partial charge in [0.2, 0.25) is 0 Å². The van der Waals surface area contributed by atoms with Crippen molar-refractivity contribution in [3.63, 3.8) is 0 Å². The molecule has 4 saturated carbocycles. The number of rotatable bonds is 12. The molecule has 4 heterocycles. The van der Waals surface area contributed by atoms with E-state index in [2.05, 4.69) is 103 Å². The van der Waals surface area contributed by atoms with Crippen LogP contribution in [0.2, 0.25) is 0 Å². The van der Waals surface area contributed by atoms with Crippen LogP contribution in [0.3, 0.4) is 0 Å². The summed E-state index contributed by atoms with van der Waals surface area (Å²) >= 11 is 0. The zero-order valence-corrected chi connectivity index (χ0v) is 49.6. The van der Waals surface area contributed by atoms with Crippen molar-refractivity contribution in [2.45, 2.75) is 234 Å². The third-order valence-electron chi connectivity index (χ3n) is 16.7. The van der Waals surface area contributed by atoms with Gasteiger partial charge in [0.15, 0.2) is 47.8 Å². The first-order chi connectivity index (χ1) is 33.9. The quantitative estimate of drug-likeness (QED) is 0.0811. The van der Waals surface area contributed by atoms with Gasteiger partial charge < -0.3 is 39.4 Å². The summed E-state index contributed by atoms with van der Waals surface area (Å²) in [7, 11) is 0. The number of aliphatic hydroxyl groups excluding tert-OH is 4. The van der Waals surface area contributed by atoms with Crippen molar-refractivity contribution in [3.05, 3.63) is 0 Å². The van der Waals surface area contributed by atoms with Crippen molar-refractivity contribution in [3.8, 4) is 0 Å². The Bertz CT molecular complexity index is 1690. The molecule has 426 valence electrons. The van der Waals surface area contributed by atoms with Crippen LogP contribution in [0.5, 0.6) is 0 Å². The maximum Gasteiger partial charge on any atom is 0.331 e. The molecule has 4 unspecified atom stereocenters. The van der Waals surface area contributed by atoms with Gasteiger partial charge in [-0.05, 0) is 122 Å². The van der Waals surface area contributed by atoms with Gasteiger partial charge in [0.05, 0.1) is 25.7 Å². The number of carbonyl (C=O) groups excluding carboxylic acids is 4. The van der Waals surface area contributed by atoms with Crippen LogP contribution >= 0.6 is 0 Å². The monoisotopic (exact) mass is 1220 g/mol. The van der Waals surface area contributed by atoms with Gasteiger partial charge >= 0.3 is 23.9 Å². The SMILES string of the molecule is CC(C)[C@@H]1CC[C@@H](C)CC1OC(=O)[C@@H]1CC(O)=N1.CC(C)[C@@H]1CC[C@@H](C)CC1OC(=O)[C@@H]1CC(O)=N1.CC(C)[C@@H]1CC[C@@H](C)CC1OC(=O)[C@@H]1CC(O)=N1.CC(C)[C@@H]1CC[C@@H](C)CC1OC(=O)[C@@H]1CC(O)=N1.[Rh].[Rh]. The topological polar surface area (TPSA) is 236 Å². The summed E-state index contributed by atoms with van der Waals surface area (Å²) in [6.07, 6.45) is 14.7. The molecule has 18 heteroatoms. The molecule has 0 bridgehead atoms. The minimum absolute atomic E-state index is 0. The minimum Gasteiger partial charge on any atom is -0.497 e. The van der Waals surface area contributed by atoms with E-state index >= 15 is 0 Å². The molecule has 2 radical (unpaired) electrons. The molecule has 0 aromatic carbocycles. The summed E-state index contributed by atoms with van der Waals surface area (Å²) < 4.78 is 22.5. The number of aliphatic imine (C=N–C) groups is 4. The first-order valence-electron chi connectivity index (χ1n) is 27.7. The van der Waals surface area contributed by atoms with E-state index in [1.54, 1.807) is 0 Å². The van der Waals surface area contributed by atoms with Crippen LogP contribution in [0, 0.1) is 71.0 Å². The van der Waals surface area contributed by atoms with Gasteiger partial charge in [-0.3, -0.25) is 0 Å². The number of ether oxygens (including phenoxy) is 4. The van der Waals surface area contributed by atoms with Crippen molar-refractivity contribution >= 4 is 47.5 Å². The Hall–Kier alpha value is -2.99. The number of hydrogen-bond donors (Lipinski definition) is 4. The molecule has 4 fully saturated rings. The average molecular weight is 1220 g/mol. The first kappa shape index (κ1) is 65.3. The molecule has 0 aromatic heterocycles. The Labute approximate surface area is 467 Å². The molecule has 16 atom stereocenters. The smallest absolute Gasteiger partial charge is 0.331 e. The van der Waals surface area contributed by atoms with E-state index in [0.29, 0.717) is 96.7 Å². The zero-order chi connectivity index (χ0) is 53.1. The van der Waals surface area contributed by atoms with Crippen LogP contribution < -0.4 is 0 Å². The van der Waals surface area contributed by atoms with Crippen LogP contribution in [0.4, 0.5) is 0 Å². The van der Waals surface area contributed by atoms with E-state index in [0.717, 1.165) is 51.4 Å². The number of carbonyl (C=O) groups is 4. The predicted octanol–water partition coefficient (Wildman–Crippen LogP) is 10.9. The van der Waals surface area contributed by atoms with Crippen molar-refractivity contribution in [1.82, 2.24) is 0 Å². The minimum atomic E-state index is -0.463. The Morgan fingerprint density at radius 3 is 0.662 bits per heavy atom. The maximum absolute atomic E-state index is 11.9. The Morgan fingerprint density at radius 1 is 0.365 bits per heavy atom. The molecule has 16 nitrogen and oxygen atoms in total. The van der Waals surface area contributed by atoms with Crippen LogP contribution in [0.15, 0.2) is 20.0 Å². The maximum atomic E-state index is 11.9. The molecule has 4 aliphatic heterocycles. The largest absolute Gasteiger partial charge is 0.497 e. The number of aliphatic hydroxyl groups is 4. The second-order valence-corrected chi connectivity index (χ2v) is 24.3. The van der Waals surface area contributed by atoms with E-state index in [-0.39, 0.29) is 111 Å². The number of nitrogens with zero attached hydrogens (tertiary/aromatic N) is 4. The van der Waals surface area contributed by atoms with E-state index < -0.39 is 24.2 Å². The fourth-order valence-corrected chi connectivity index (χ4v) is 11.8.